The maximum absolute atomic E-state index is 10.2. The minimum atomic E-state index is -0.365. The van der Waals surface area contributed by atoms with Gasteiger partial charge in [-0.1, -0.05) is 6.07 Å². The third-order valence-electron chi connectivity index (χ3n) is 4.33. The average molecular weight is 345 g/mol. The molecular weight excluding hydrogens is 322 g/mol. The van der Waals surface area contributed by atoms with Gasteiger partial charge in [-0.25, -0.2) is 0 Å². The van der Waals surface area contributed by atoms with Gasteiger partial charge in [-0.2, -0.15) is 0 Å². The number of nitrogens with zero attached hydrogens (tertiary/aromatic N) is 3. The molecule has 1 aromatic heterocycles. The number of aromatic hydroxyl groups is 1. The van der Waals surface area contributed by atoms with Crippen LogP contribution in [0.3, 0.4) is 0 Å². The molecule has 2 aromatic rings. The maximum Gasteiger partial charge on any atom is 0.151 e. The van der Waals surface area contributed by atoms with Gasteiger partial charge < -0.3 is 25.0 Å². The number of aliphatic hydroxyl groups is 2. The molecule has 7 nitrogen and oxygen atoms in total. The van der Waals surface area contributed by atoms with Crippen LogP contribution in [0, 0.1) is 13.8 Å². The van der Waals surface area contributed by atoms with E-state index in [1.807, 2.05) is 36.9 Å². The van der Waals surface area contributed by atoms with Gasteiger partial charge in [-0.3, -0.25) is 0 Å². The topological polar surface area (TPSA) is 98.9 Å². The lowest BCUT2D eigenvalue weighted by Crippen LogP contribution is -2.50. The van der Waals surface area contributed by atoms with Gasteiger partial charge in [0.2, 0.25) is 0 Å². The van der Waals surface area contributed by atoms with Gasteiger partial charge >= 0.3 is 0 Å². The van der Waals surface area contributed by atoms with E-state index in [0.717, 1.165) is 11.1 Å². The molecule has 0 radical (unpaired) electrons. The fourth-order valence-electron chi connectivity index (χ4n) is 3.22. The van der Waals surface area contributed by atoms with Gasteiger partial charge in [0.15, 0.2) is 5.82 Å². The van der Waals surface area contributed by atoms with Crippen molar-refractivity contribution in [1.82, 2.24) is 10.2 Å². The number of benzene rings is 1. The van der Waals surface area contributed by atoms with Crippen molar-refractivity contribution >= 4 is 5.82 Å². The summed E-state index contributed by atoms with van der Waals surface area (Å²) >= 11 is 0. The lowest BCUT2D eigenvalue weighted by atomic mass is 10.0. The summed E-state index contributed by atoms with van der Waals surface area (Å²) in [7, 11) is 0. The minimum absolute atomic E-state index is 0.116. The Bertz CT molecular complexity index is 701. The fourth-order valence-corrected chi connectivity index (χ4v) is 3.22. The highest BCUT2D eigenvalue weighted by molar-refractivity contribution is 5.71. The van der Waals surface area contributed by atoms with Gasteiger partial charge in [0.05, 0.1) is 31.1 Å². The zero-order valence-corrected chi connectivity index (χ0v) is 14.4. The first kappa shape index (κ1) is 17.6. The van der Waals surface area contributed by atoms with Crippen molar-refractivity contribution in [2.45, 2.75) is 26.1 Å². The van der Waals surface area contributed by atoms with Gasteiger partial charge in [0, 0.05) is 18.7 Å². The number of ether oxygens (including phenoxy) is 1. The quantitative estimate of drug-likeness (QED) is 0.761. The minimum Gasteiger partial charge on any atom is -0.507 e. The molecule has 0 aliphatic carbocycles. The van der Waals surface area contributed by atoms with Crippen LogP contribution in [0.15, 0.2) is 24.3 Å². The number of hydrogen-bond donors (Lipinski definition) is 3. The van der Waals surface area contributed by atoms with Crippen LogP contribution in [0.1, 0.15) is 11.1 Å². The Labute approximate surface area is 146 Å². The van der Waals surface area contributed by atoms with Crippen molar-refractivity contribution in [3.8, 4) is 17.0 Å². The number of rotatable bonds is 4. The fraction of sp³-hybridized carbons (Fsp3) is 0.444. The van der Waals surface area contributed by atoms with Gasteiger partial charge in [0.1, 0.15) is 5.75 Å². The number of morpholine rings is 1. The van der Waals surface area contributed by atoms with E-state index >= 15 is 0 Å². The molecule has 0 bridgehead atoms. The first-order valence-corrected chi connectivity index (χ1v) is 8.28. The molecule has 1 aliphatic rings. The van der Waals surface area contributed by atoms with E-state index in [-0.39, 0.29) is 31.2 Å². The standard InChI is InChI=1S/C18H23N3O4/c1-11-5-12(2)18(16(24)6-11)15-3-4-17(20-19-15)21-7-13(9-22)25-14(8-21)10-23/h3-6,13-14,22-24H,7-10H2,1-2H3/t13-,14+. The Morgan fingerprint density at radius 3 is 2.28 bits per heavy atom. The van der Waals surface area contributed by atoms with Gasteiger partial charge in [-0.05, 0) is 43.2 Å². The van der Waals surface area contributed by atoms with E-state index in [0.29, 0.717) is 30.2 Å². The zero-order chi connectivity index (χ0) is 18.0. The monoisotopic (exact) mass is 345 g/mol. The second-order valence-corrected chi connectivity index (χ2v) is 6.40. The van der Waals surface area contributed by atoms with Crippen molar-refractivity contribution in [3.63, 3.8) is 0 Å². The highest BCUT2D eigenvalue weighted by atomic mass is 16.5. The highest BCUT2D eigenvalue weighted by Gasteiger charge is 2.28. The summed E-state index contributed by atoms with van der Waals surface area (Å²) in [5.74, 6) is 0.833. The molecule has 0 unspecified atom stereocenters. The molecule has 25 heavy (non-hydrogen) atoms. The van der Waals surface area contributed by atoms with Crippen LogP contribution in [0.4, 0.5) is 5.82 Å². The number of aliphatic hydroxyl groups excluding tert-OH is 2. The van der Waals surface area contributed by atoms with Crippen LogP contribution in [0.2, 0.25) is 0 Å². The number of phenolic OH excluding ortho intramolecular Hbond substituents is 1. The Balaban J connectivity index is 1.85. The number of aromatic nitrogens is 2. The van der Waals surface area contributed by atoms with E-state index in [9.17, 15) is 15.3 Å². The van der Waals surface area contributed by atoms with E-state index < -0.39 is 0 Å². The third kappa shape index (κ3) is 3.73. The summed E-state index contributed by atoms with van der Waals surface area (Å²) in [6.07, 6.45) is -0.730. The van der Waals surface area contributed by atoms with E-state index in [1.165, 1.54) is 0 Å². The summed E-state index contributed by atoms with van der Waals surface area (Å²) in [5.41, 5.74) is 3.20. The van der Waals surface area contributed by atoms with Crippen molar-refractivity contribution in [1.29, 1.82) is 0 Å². The molecule has 1 fully saturated rings. The van der Waals surface area contributed by atoms with Crippen LogP contribution in [0.5, 0.6) is 5.75 Å². The maximum atomic E-state index is 10.2. The van der Waals surface area contributed by atoms with E-state index in [1.54, 1.807) is 6.07 Å². The molecule has 1 aromatic carbocycles. The first-order valence-electron chi connectivity index (χ1n) is 8.28. The Hall–Kier alpha value is -2.22. The highest BCUT2D eigenvalue weighted by Crippen LogP contribution is 2.32. The molecule has 2 heterocycles. The van der Waals surface area contributed by atoms with Crippen molar-refractivity contribution < 1.29 is 20.1 Å². The molecule has 0 spiro atoms. The van der Waals surface area contributed by atoms with Gasteiger partial charge in [-0.15, -0.1) is 10.2 Å². The van der Waals surface area contributed by atoms with E-state index in [2.05, 4.69) is 10.2 Å². The number of aryl methyl sites for hydroxylation is 2. The molecule has 134 valence electrons. The van der Waals surface area contributed by atoms with Crippen LogP contribution in [-0.2, 0) is 4.74 Å². The molecular formula is C18H23N3O4. The van der Waals surface area contributed by atoms with Crippen molar-refractivity contribution in [2.24, 2.45) is 0 Å². The van der Waals surface area contributed by atoms with Crippen LogP contribution in [0.25, 0.3) is 11.3 Å². The van der Waals surface area contributed by atoms with Crippen LogP contribution >= 0.6 is 0 Å². The predicted octanol–water partition coefficient (Wildman–Crippen LogP) is 1.02. The summed E-state index contributed by atoms with van der Waals surface area (Å²) in [6, 6.07) is 7.34. The van der Waals surface area contributed by atoms with Crippen LogP contribution < -0.4 is 4.90 Å². The molecule has 1 saturated heterocycles. The second kappa shape index (κ2) is 7.35. The number of phenols is 1. The Morgan fingerprint density at radius 1 is 1.08 bits per heavy atom. The first-order chi connectivity index (χ1) is 12.0. The summed E-state index contributed by atoms with van der Waals surface area (Å²) in [5, 5.41) is 37.4. The van der Waals surface area contributed by atoms with Crippen molar-refractivity contribution in [2.75, 3.05) is 31.2 Å². The average Bonchev–Trinajstić information content (AvgIpc) is 2.61. The number of anilines is 1. The smallest absolute Gasteiger partial charge is 0.151 e. The molecule has 0 saturated carbocycles. The summed E-state index contributed by atoms with van der Waals surface area (Å²) < 4.78 is 5.55. The lowest BCUT2D eigenvalue weighted by Gasteiger charge is -2.37. The molecule has 3 rings (SSSR count). The lowest BCUT2D eigenvalue weighted by molar-refractivity contribution is -0.0701. The summed E-state index contributed by atoms with van der Waals surface area (Å²) in [4.78, 5) is 1.93. The second-order valence-electron chi connectivity index (χ2n) is 6.40. The summed E-state index contributed by atoms with van der Waals surface area (Å²) in [6.45, 7) is 4.59. The SMILES string of the molecule is Cc1cc(C)c(-c2ccc(N3C[C@@H](CO)O[C@@H](CO)C3)nn2)c(O)c1. The Morgan fingerprint density at radius 2 is 1.76 bits per heavy atom. The largest absolute Gasteiger partial charge is 0.507 e. The molecule has 3 N–H and O–H groups in total. The Kier molecular flexibility index (Phi) is 5.17. The molecule has 2 atom stereocenters. The third-order valence-corrected chi connectivity index (χ3v) is 4.33. The number of hydrogen-bond acceptors (Lipinski definition) is 7. The molecule has 1 aliphatic heterocycles. The molecule has 0 amide bonds. The van der Waals surface area contributed by atoms with Crippen molar-refractivity contribution in [3.05, 3.63) is 35.4 Å². The van der Waals surface area contributed by atoms with E-state index in [4.69, 9.17) is 4.74 Å². The predicted molar refractivity (Wildman–Crippen MR) is 93.7 cm³/mol. The van der Waals surface area contributed by atoms with Gasteiger partial charge in [0.25, 0.3) is 0 Å². The normalized spacial score (nSPS) is 20.7. The zero-order valence-electron chi connectivity index (χ0n) is 14.4. The van der Waals surface area contributed by atoms with Crippen LogP contribution in [-0.4, -0.2) is 64.0 Å². The molecule has 7 heteroatoms.